The van der Waals surface area contributed by atoms with Crippen LogP contribution in [0.4, 0.5) is 5.82 Å². The second kappa shape index (κ2) is 5.15. The third-order valence-electron chi connectivity index (χ3n) is 4.08. The fourth-order valence-electron chi connectivity index (χ4n) is 2.93. The van der Waals surface area contributed by atoms with E-state index in [-0.39, 0.29) is 0 Å². The van der Waals surface area contributed by atoms with Crippen molar-refractivity contribution < 1.29 is 0 Å². The zero-order chi connectivity index (χ0) is 14.2. The van der Waals surface area contributed by atoms with Gasteiger partial charge in [0.05, 0.1) is 10.4 Å². The molecule has 0 bridgehead atoms. The molecule has 0 saturated heterocycles. The Labute approximate surface area is 127 Å². The highest BCUT2D eigenvalue weighted by Gasteiger charge is 2.15. The Hall–Kier alpha value is -1.88. The third-order valence-corrected chi connectivity index (χ3v) is 5.33. The maximum absolute atomic E-state index is 4.66. The van der Waals surface area contributed by atoms with E-state index in [1.54, 1.807) is 4.88 Å². The Morgan fingerprint density at radius 2 is 2.05 bits per heavy atom. The van der Waals surface area contributed by atoms with E-state index in [9.17, 15) is 0 Å². The molecule has 0 fully saturated rings. The highest BCUT2D eigenvalue weighted by molar-refractivity contribution is 7.15. The maximum Gasteiger partial charge on any atom is 0.180 e. The van der Waals surface area contributed by atoms with E-state index in [0.717, 1.165) is 22.8 Å². The van der Waals surface area contributed by atoms with Crippen molar-refractivity contribution in [1.29, 1.82) is 0 Å². The van der Waals surface area contributed by atoms with Gasteiger partial charge in [0.25, 0.3) is 0 Å². The first kappa shape index (κ1) is 12.8. The summed E-state index contributed by atoms with van der Waals surface area (Å²) in [6, 6.07) is 6.32. The molecule has 0 atom stereocenters. The number of nitrogens with zero attached hydrogens (tertiary/aromatic N) is 2. The number of fused-ring (bicyclic) bond motifs is 2. The summed E-state index contributed by atoms with van der Waals surface area (Å²) < 4.78 is 0. The number of aryl methyl sites for hydroxylation is 2. The van der Waals surface area contributed by atoms with Gasteiger partial charge >= 0.3 is 0 Å². The summed E-state index contributed by atoms with van der Waals surface area (Å²) in [5, 5.41) is 3.05. The number of thiophene rings is 1. The largest absolute Gasteiger partial charge is 0.373 e. The van der Waals surface area contributed by atoms with Gasteiger partial charge in [0, 0.05) is 11.9 Å². The first-order valence-electron chi connectivity index (χ1n) is 7.50. The zero-order valence-electron chi connectivity index (χ0n) is 12.1. The average molecular weight is 298 g/mol. The van der Waals surface area contributed by atoms with Gasteiger partial charge in [-0.3, -0.25) is 0 Å². The van der Waals surface area contributed by atoms with E-state index < -0.39 is 0 Å². The molecule has 1 aliphatic carbocycles. The first-order chi connectivity index (χ1) is 10.3. The van der Waals surface area contributed by atoms with Crippen LogP contribution in [-0.4, -0.2) is 22.0 Å². The van der Waals surface area contributed by atoms with Crippen molar-refractivity contribution in [2.24, 2.45) is 0 Å². The van der Waals surface area contributed by atoms with Crippen molar-refractivity contribution in [2.45, 2.75) is 32.1 Å². The summed E-state index contributed by atoms with van der Waals surface area (Å²) in [5.41, 5.74) is 3.30. The molecular formula is C16H18N4S. The highest BCUT2D eigenvalue weighted by Crippen LogP contribution is 2.34. The van der Waals surface area contributed by atoms with Crippen molar-refractivity contribution in [3.05, 3.63) is 28.6 Å². The molecule has 0 aromatic carbocycles. The molecule has 21 heavy (non-hydrogen) atoms. The summed E-state index contributed by atoms with van der Waals surface area (Å²) in [5.74, 6) is 1.80. The maximum atomic E-state index is 4.66. The number of anilines is 1. The molecule has 1 aliphatic rings. The second-order valence-corrected chi connectivity index (χ2v) is 6.66. The Kier molecular flexibility index (Phi) is 3.15. The van der Waals surface area contributed by atoms with E-state index in [4.69, 9.17) is 0 Å². The Balaban J connectivity index is 1.76. The van der Waals surface area contributed by atoms with Crippen molar-refractivity contribution in [3.63, 3.8) is 0 Å². The summed E-state index contributed by atoms with van der Waals surface area (Å²) in [6.07, 6.45) is 6.44. The van der Waals surface area contributed by atoms with Crippen LogP contribution in [0.15, 0.2) is 18.2 Å². The molecule has 0 unspecified atom stereocenters. The van der Waals surface area contributed by atoms with Crippen molar-refractivity contribution in [2.75, 3.05) is 12.4 Å². The lowest BCUT2D eigenvalue weighted by Gasteiger charge is -1.95. The number of hydrogen-bond acceptors (Lipinski definition) is 4. The average Bonchev–Trinajstić information content (AvgIpc) is 3.04. The topological polar surface area (TPSA) is 53.6 Å². The van der Waals surface area contributed by atoms with Crippen LogP contribution in [-0.2, 0) is 12.8 Å². The van der Waals surface area contributed by atoms with Gasteiger partial charge in [-0.1, -0.05) is 6.42 Å². The first-order valence-corrected chi connectivity index (χ1v) is 8.31. The van der Waals surface area contributed by atoms with Gasteiger partial charge in [-0.2, -0.15) is 0 Å². The highest BCUT2D eigenvalue weighted by atomic mass is 32.1. The molecular weight excluding hydrogens is 280 g/mol. The van der Waals surface area contributed by atoms with Crippen LogP contribution >= 0.6 is 11.3 Å². The molecule has 3 heterocycles. The van der Waals surface area contributed by atoms with Crippen LogP contribution < -0.4 is 5.32 Å². The number of H-pyrrole nitrogens is 1. The van der Waals surface area contributed by atoms with Gasteiger partial charge in [-0.15, -0.1) is 11.3 Å². The minimum atomic E-state index is 0.778. The molecule has 0 spiro atoms. The van der Waals surface area contributed by atoms with Crippen LogP contribution in [0.1, 0.15) is 29.7 Å². The van der Waals surface area contributed by atoms with Crippen LogP contribution in [0.2, 0.25) is 0 Å². The van der Waals surface area contributed by atoms with Gasteiger partial charge < -0.3 is 10.3 Å². The van der Waals surface area contributed by atoms with Crippen LogP contribution in [0.5, 0.6) is 0 Å². The number of nitrogens with one attached hydrogen (secondary N) is 2. The molecule has 5 heteroatoms. The summed E-state index contributed by atoms with van der Waals surface area (Å²) in [7, 11) is 1.87. The van der Waals surface area contributed by atoms with Crippen LogP contribution in [0.25, 0.3) is 21.9 Å². The quantitative estimate of drug-likeness (QED) is 0.703. The van der Waals surface area contributed by atoms with Gasteiger partial charge in [-0.05, 0) is 49.4 Å². The normalized spacial score (nSPS) is 14.9. The van der Waals surface area contributed by atoms with Gasteiger partial charge in [0.15, 0.2) is 11.5 Å². The van der Waals surface area contributed by atoms with Gasteiger partial charge in [-0.25, -0.2) is 9.97 Å². The minimum absolute atomic E-state index is 0.778. The summed E-state index contributed by atoms with van der Waals surface area (Å²) >= 11 is 1.89. The number of aromatic amines is 1. The van der Waals surface area contributed by atoms with E-state index in [0.29, 0.717) is 0 Å². The fraction of sp³-hybridized carbons (Fsp3) is 0.375. The predicted molar refractivity (Wildman–Crippen MR) is 88.0 cm³/mol. The molecule has 108 valence electrons. The molecule has 4 rings (SSSR count). The third kappa shape index (κ3) is 2.31. The van der Waals surface area contributed by atoms with Crippen LogP contribution in [0, 0.1) is 0 Å². The molecule has 3 aromatic rings. The minimum Gasteiger partial charge on any atom is -0.373 e. The number of imidazole rings is 1. The lowest BCUT2D eigenvalue weighted by atomic mass is 10.1. The zero-order valence-corrected chi connectivity index (χ0v) is 12.9. The Bertz CT molecular complexity index is 763. The standard InChI is InChI=1S/C16H18N4S/c1-17-14-8-7-11-15(19-14)20-16(18-11)13-9-10-5-3-2-4-6-12(10)21-13/h7-9H,2-6H2,1H3,(H2,17,18,19,20). The Morgan fingerprint density at radius 1 is 1.14 bits per heavy atom. The lowest BCUT2D eigenvalue weighted by Crippen LogP contribution is -1.91. The molecule has 0 saturated carbocycles. The summed E-state index contributed by atoms with van der Waals surface area (Å²) in [4.78, 5) is 15.3. The summed E-state index contributed by atoms with van der Waals surface area (Å²) in [6.45, 7) is 0. The number of rotatable bonds is 2. The molecule has 2 N–H and O–H groups in total. The van der Waals surface area contributed by atoms with Gasteiger partial charge in [0.1, 0.15) is 5.82 Å². The predicted octanol–water partition coefficient (Wildman–Crippen LogP) is 4.00. The van der Waals surface area contributed by atoms with E-state index in [2.05, 4.69) is 26.3 Å². The molecule has 3 aromatic heterocycles. The number of aromatic nitrogens is 3. The molecule has 0 amide bonds. The second-order valence-electron chi connectivity index (χ2n) is 5.52. The van der Waals surface area contributed by atoms with E-state index in [1.165, 1.54) is 42.5 Å². The van der Waals surface area contributed by atoms with E-state index >= 15 is 0 Å². The van der Waals surface area contributed by atoms with Crippen LogP contribution in [0.3, 0.4) is 0 Å². The number of pyridine rings is 1. The van der Waals surface area contributed by atoms with Crippen molar-refractivity contribution in [1.82, 2.24) is 15.0 Å². The number of hydrogen-bond donors (Lipinski definition) is 2. The van der Waals surface area contributed by atoms with E-state index in [1.807, 2.05) is 30.5 Å². The molecule has 0 radical (unpaired) electrons. The fourth-order valence-corrected chi connectivity index (χ4v) is 4.13. The Morgan fingerprint density at radius 3 is 2.95 bits per heavy atom. The lowest BCUT2D eigenvalue weighted by molar-refractivity contribution is 0.713. The SMILES string of the molecule is CNc1ccc2[nH]c(-c3cc4c(s3)CCCCC4)nc2n1. The smallest absolute Gasteiger partial charge is 0.180 e. The van der Waals surface area contributed by atoms with Gasteiger partial charge in [0.2, 0.25) is 0 Å². The van der Waals surface area contributed by atoms with Crippen molar-refractivity contribution in [3.8, 4) is 10.7 Å². The monoisotopic (exact) mass is 298 g/mol. The molecule has 4 nitrogen and oxygen atoms in total. The van der Waals surface area contributed by atoms with Crippen molar-refractivity contribution >= 4 is 28.3 Å². The molecule has 0 aliphatic heterocycles.